The van der Waals surface area contributed by atoms with E-state index in [2.05, 4.69) is 0 Å². The molecule has 0 amide bonds. The van der Waals surface area contributed by atoms with Gasteiger partial charge < -0.3 is 15.6 Å². The van der Waals surface area contributed by atoms with Crippen LogP contribution in [0, 0.1) is 5.41 Å². The van der Waals surface area contributed by atoms with Crippen molar-refractivity contribution in [2.75, 3.05) is 13.7 Å². The second kappa shape index (κ2) is 6.45. The van der Waals surface area contributed by atoms with E-state index in [9.17, 15) is 5.11 Å². The van der Waals surface area contributed by atoms with Crippen LogP contribution in [0.25, 0.3) is 0 Å². The number of rotatable bonds is 4. The Labute approximate surface area is 113 Å². The van der Waals surface area contributed by atoms with E-state index in [4.69, 9.17) is 22.1 Å². The summed E-state index contributed by atoms with van der Waals surface area (Å²) < 4.78 is 5.24. The van der Waals surface area contributed by atoms with Gasteiger partial charge in [-0.1, -0.05) is 25.4 Å². The Morgan fingerprint density at radius 3 is 2.53 bits per heavy atom. The van der Waals surface area contributed by atoms with Gasteiger partial charge in [-0.15, -0.1) is 12.4 Å². The van der Waals surface area contributed by atoms with E-state index in [1.54, 1.807) is 25.3 Å². The molecule has 0 fully saturated rings. The highest BCUT2D eigenvalue weighted by Crippen LogP contribution is 2.36. The summed E-state index contributed by atoms with van der Waals surface area (Å²) in [6.45, 7) is 3.81. The number of aliphatic hydroxyl groups is 1. The SMILES string of the molecule is COc1ccc(Cl)cc1[C@@H](N)C(C)(C)CO.Cl. The van der Waals surface area contributed by atoms with Gasteiger partial charge in [0.1, 0.15) is 5.75 Å². The minimum absolute atomic E-state index is 0. The average molecular weight is 280 g/mol. The number of nitrogens with two attached hydrogens (primary N) is 1. The van der Waals surface area contributed by atoms with Crippen LogP contribution in [-0.2, 0) is 0 Å². The molecule has 3 nitrogen and oxygen atoms in total. The Balaban J connectivity index is 0.00000256. The summed E-state index contributed by atoms with van der Waals surface area (Å²) in [5.41, 5.74) is 6.53. The van der Waals surface area contributed by atoms with Gasteiger partial charge in [-0.25, -0.2) is 0 Å². The van der Waals surface area contributed by atoms with E-state index >= 15 is 0 Å². The van der Waals surface area contributed by atoms with Crippen molar-refractivity contribution in [3.8, 4) is 5.75 Å². The highest BCUT2D eigenvalue weighted by atomic mass is 35.5. The third-order valence-electron chi connectivity index (χ3n) is 2.78. The number of methoxy groups -OCH3 is 1. The van der Waals surface area contributed by atoms with E-state index in [0.29, 0.717) is 10.8 Å². The summed E-state index contributed by atoms with van der Waals surface area (Å²) in [6, 6.07) is 4.99. The van der Waals surface area contributed by atoms with Crippen LogP contribution in [0.4, 0.5) is 0 Å². The predicted molar refractivity (Wildman–Crippen MR) is 73.0 cm³/mol. The molecule has 0 saturated heterocycles. The van der Waals surface area contributed by atoms with Gasteiger partial charge in [0.05, 0.1) is 7.11 Å². The zero-order valence-electron chi connectivity index (χ0n) is 10.2. The molecule has 1 atom stereocenters. The molecule has 0 bridgehead atoms. The maximum atomic E-state index is 9.30. The van der Waals surface area contributed by atoms with E-state index in [0.717, 1.165) is 5.56 Å². The summed E-state index contributed by atoms with van der Waals surface area (Å²) in [4.78, 5) is 0. The van der Waals surface area contributed by atoms with Crippen molar-refractivity contribution < 1.29 is 9.84 Å². The van der Waals surface area contributed by atoms with E-state index < -0.39 is 5.41 Å². The third-order valence-corrected chi connectivity index (χ3v) is 3.01. The lowest BCUT2D eigenvalue weighted by molar-refractivity contribution is 0.131. The third kappa shape index (κ3) is 3.75. The quantitative estimate of drug-likeness (QED) is 0.891. The highest BCUT2D eigenvalue weighted by molar-refractivity contribution is 6.30. The van der Waals surface area contributed by atoms with Crippen molar-refractivity contribution in [3.05, 3.63) is 28.8 Å². The van der Waals surface area contributed by atoms with Crippen molar-refractivity contribution in [1.82, 2.24) is 0 Å². The largest absolute Gasteiger partial charge is 0.496 e. The maximum Gasteiger partial charge on any atom is 0.123 e. The van der Waals surface area contributed by atoms with Crippen molar-refractivity contribution >= 4 is 24.0 Å². The molecule has 0 aliphatic rings. The first-order chi connectivity index (χ1) is 7.42. The highest BCUT2D eigenvalue weighted by Gasteiger charge is 2.29. The first-order valence-electron chi connectivity index (χ1n) is 5.12. The van der Waals surface area contributed by atoms with Crippen molar-refractivity contribution in [3.63, 3.8) is 0 Å². The van der Waals surface area contributed by atoms with Crippen LogP contribution in [0.3, 0.4) is 0 Å². The van der Waals surface area contributed by atoms with Gasteiger partial charge >= 0.3 is 0 Å². The van der Waals surface area contributed by atoms with Gasteiger partial charge in [0.25, 0.3) is 0 Å². The molecule has 0 unspecified atom stereocenters. The maximum absolute atomic E-state index is 9.30. The molecule has 1 aromatic rings. The molecule has 1 rings (SSSR count). The summed E-state index contributed by atoms with van der Waals surface area (Å²) in [7, 11) is 1.59. The second-order valence-electron chi connectivity index (χ2n) is 4.51. The predicted octanol–water partition coefficient (Wildman–Crippen LogP) is 2.79. The monoisotopic (exact) mass is 279 g/mol. The van der Waals surface area contributed by atoms with Crippen LogP contribution >= 0.6 is 24.0 Å². The Kier molecular flexibility index (Phi) is 6.27. The lowest BCUT2D eigenvalue weighted by Crippen LogP contribution is -2.32. The minimum Gasteiger partial charge on any atom is -0.496 e. The molecular weight excluding hydrogens is 261 g/mol. The molecule has 17 heavy (non-hydrogen) atoms. The van der Waals surface area contributed by atoms with Crippen molar-refractivity contribution in [1.29, 1.82) is 0 Å². The number of hydrogen-bond acceptors (Lipinski definition) is 3. The van der Waals surface area contributed by atoms with Crippen molar-refractivity contribution in [2.45, 2.75) is 19.9 Å². The molecule has 1 aromatic carbocycles. The minimum atomic E-state index is -0.419. The standard InChI is InChI=1S/C12H18ClNO2.ClH/c1-12(2,7-15)11(14)9-6-8(13)4-5-10(9)16-3;/h4-6,11,15H,7,14H2,1-3H3;1H/t11-;/m1./s1. The van der Waals surface area contributed by atoms with E-state index in [1.807, 2.05) is 13.8 Å². The lowest BCUT2D eigenvalue weighted by Gasteiger charge is -2.30. The van der Waals surface area contributed by atoms with Crippen molar-refractivity contribution in [2.24, 2.45) is 11.1 Å². The van der Waals surface area contributed by atoms with E-state index in [-0.39, 0.29) is 25.1 Å². The zero-order chi connectivity index (χ0) is 12.3. The molecule has 0 radical (unpaired) electrons. The molecular formula is C12H19Cl2NO2. The summed E-state index contributed by atoms with van der Waals surface area (Å²) in [5.74, 6) is 0.693. The van der Waals surface area contributed by atoms with Gasteiger partial charge in [-0.05, 0) is 18.2 Å². The van der Waals surface area contributed by atoms with Gasteiger partial charge in [0.15, 0.2) is 0 Å². The molecule has 3 N–H and O–H groups in total. The molecule has 0 saturated carbocycles. The zero-order valence-corrected chi connectivity index (χ0v) is 11.8. The smallest absolute Gasteiger partial charge is 0.123 e. The molecule has 0 aliphatic carbocycles. The number of aliphatic hydroxyl groups excluding tert-OH is 1. The van der Waals surface area contributed by atoms with Gasteiger partial charge in [0, 0.05) is 28.6 Å². The molecule has 0 heterocycles. The second-order valence-corrected chi connectivity index (χ2v) is 4.95. The first kappa shape index (κ1) is 16.5. The van der Waals surface area contributed by atoms with Crippen LogP contribution in [-0.4, -0.2) is 18.8 Å². The summed E-state index contributed by atoms with van der Waals surface area (Å²) in [6.07, 6.45) is 0. The van der Waals surface area contributed by atoms with Gasteiger partial charge in [-0.2, -0.15) is 0 Å². The van der Waals surface area contributed by atoms with Crippen LogP contribution in [0.1, 0.15) is 25.5 Å². The number of hydrogen-bond donors (Lipinski definition) is 2. The number of halogens is 2. The van der Waals surface area contributed by atoms with E-state index in [1.165, 1.54) is 0 Å². The Morgan fingerprint density at radius 1 is 1.47 bits per heavy atom. The summed E-state index contributed by atoms with van der Waals surface area (Å²) in [5, 5.41) is 9.92. The normalized spacial score (nSPS) is 12.8. The van der Waals surface area contributed by atoms with Gasteiger partial charge in [-0.3, -0.25) is 0 Å². The van der Waals surface area contributed by atoms with Crippen LogP contribution in [0.15, 0.2) is 18.2 Å². The Bertz CT molecular complexity index is 370. The van der Waals surface area contributed by atoms with Crippen LogP contribution in [0.5, 0.6) is 5.75 Å². The molecule has 98 valence electrons. The van der Waals surface area contributed by atoms with Crippen LogP contribution in [0.2, 0.25) is 5.02 Å². The van der Waals surface area contributed by atoms with Crippen LogP contribution < -0.4 is 10.5 Å². The van der Waals surface area contributed by atoms with Gasteiger partial charge in [0.2, 0.25) is 0 Å². The average Bonchev–Trinajstić information content (AvgIpc) is 2.28. The molecule has 0 aliphatic heterocycles. The topological polar surface area (TPSA) is 55.5 Å². The molecule has 5 heteroatoms. The lowest BCUT2D eigenvalue weighted by atomic mass is 9.81. The Morgan fingerprint density at radius 2 is 2.06 bits per heavy atom. The molecule has 0 aromatic heterocycles. The fourth-order valence-electron chi connectivity index (χ4n) is 1.47. The number of ether oxygens (including phenoxy) is 1. The number of benzene rings is 1. The summed E-state index contributed by atoms with van der Waals surface area (Å²) >= 11 is 5.94. The Hall–Kier alpha value is -0.480. The first-order valence-corrected chi connectivity index (χ1v) is 5.50. The fraction of sp³-hybridized carbons (Fsp3) is 0.500. The fourth-order valence-corrected chi connectivity index (χ4v) is 1.65. The molecule has 0 spiro atoms.